The molecule has 1 atom stereocenters. The lowest BCUT2D eigenvalue weighted by Crippen LogP contribution is -2.29. The van der Waals surface area contributed by atoms with Crippen LogP contribution < -0.4 is 5.32 Å². The molecule has 0 radical (unpaired) electrons. The SMILES string of the molecule is C[C@H](Cc1ccccc1)NCCCCc1ccccc1. The fraction of sp³-hybridized carbons (Fsp3) is 0.368. The minimum Gasteiger partial charge on any atom is -0.314 e. The van der Waals surface area contributed by atoms with Crippen LogP contribution in [0.1, 0.15) is 30.9 Å². The van der Waals surface area contributed by atoms with Crippen molar-refractivity contribution in [1.82, 2.24) is 5.32 Å². The zero-order valence-electron chi connectivity index (χ0n) is 12.4. The molecule has 20 heavy (non-hydrogen) atoms. The van der Waals surface area contributed by atoms with Crippen LogP contribution in [0.15, 0.2) is 60.7 Å². The number of nitrogens with one attached hydrogen (secondary N) is 1. The lowest BCUT2D eigenvalue weighted by Gasteiger charge is -2.13. The van der Waals surface area contributed by atoms with E-state index in [1.807, 2.05) is 0 Å². The van der Waals surface area contributed by atoms with Crippen LogP contribution >= 0.6 is 0 Å². The predicted octanol–water partition coefficient (Wildman–Crippen LogP) is 4.23. The average molecular weight is 267 g/mol. The number of hydrogen-bond donors (Lipinski definition) is 1. The highest BCUT2D eigenvalue weighted by Gasteiger charge is 2.02. The topological polar surface area (TPSA) is 12.0 Å². The summed E-state index contributed by atoms with van der Waals surface area (Å²) in [4.78, 5) is 0. The molecule has 1 heteroatoms. The summed E-state index contributed by atoms with van der Waals surface area (Å²) in [7, 11) is 0. The quantitative estimate of drug-likeness (QED) is 0.706. The Balaban J connectivity index is 1.57. The van der Waals surface area contributed by atoms with Gasteiger partial charge in [-0.2, -0.15) is 0 Å². The first kappa shape index (κ1) is 14.8. The second-order valence-electron chi connectivity index (χ2n) is 5.49. The minimum absolute atomic E-state index is 0.550. The van der Waals surface area contributed by atoms with E-state index in [0.717, 1.165) is 13.0 Å². The number of hydrogen-bond acceptors (Lipinski definition) is 1. The van der Waals surface area contributed by atoms with Gasteiger partial charge in [0, 0.05) is 6.04 Å². The molecule has 0 aromatic heterocycles. The molecule has 1 N–H and O–H groups in total. The maximum absolute atomic E-state index is 3.62. The summed E-state index contributed by atoms with van der Waals surface area (Å²) in [5.41, 5.74) is 2.86. The Labute approximate surface area is 123 Å². The summed E-state index contributed by atoms with van der Waals surface area (Å²) in [5.74, 6) is 0. The molecule has 0 aliphatic rings. The third kappa shape index (κ3) is 5.58. The fourth-order valence-electron chi connectivity index (χ4n) is 2.49. The standard InChI is InChI=1S/C19H25N/c1-17(16-19-13-6-3-7-14-19)20-15-9-8-12-18-10-4-2-5-11-18/h2-7,10-11,13-14,17,20H,8-9,12,15-16H2,1H3/t17-/m1/s1. The van der Waals surface area contributed by atoms with Crippen molar-refractivity contribution in [2.24, 2.45) is 0 Å². The van der Waals surface area contributed by atoms with Gasteiger partial charge >= 0.3 is 0 Å². The highest BCUT2D eigenvalue weighted by Crippen LogP contribution is 2.05. The monoisotopic (exact) mass is 267 g/mol. The van der Waals surface area contributed by atoms with Crippen LogP contribution in [0.25, 0.3) is 0 Å². The van der Waals surface area contributed by atoms with Crippen molar-refractivity contribution < 1.29 is 0 Å². The number of aryl methyl sites for hydroxylation is 1. The van der Waals surface area contributed by atoms with Crippen LogP contribution in [0.4, 0.5) is 0 Å². The molecule has 0 aliphatic heterocycles. The van der Waals surface area contributed by atoms with Crippen molar-refractivity contribution in [2.75, 3.05) is 6.54 Å². The van der Waals surface area contributed by atoms with Gasteiger partial charge in [0.15, 0.2) is 0 Å². The van der Waals surface area contributed by atoms with Crippen molar-refractivity contribution in [3.8, 4) is 0 Å². The highest BCUT2D eigenvalue weighted by atomic mass is 14.9. The van der Waals surface area contributed by atoms with E-state index in [1.54, 1.807) is 0 Å². The Hall–Kier alpha value is -1.60. The van der Waals surface area contributed by atoms with Crippen LogP contribution in [-0.4, -0.2) is 12.6 Å². The largest absolute Gasteiger partial charge is 0.314 e. The first-order valence-corrected chi connectivity index (χ1v) is 7.66. The van der Waals surface area contributed by atoms with Gasteiger partial charge in [-0.15, -0.1) is 0 Å². The van der Waals surface area contributed by atoms with E-state index < -0.39 is 0 Å². The van der Waals surface area contributed by atoms with Crippen molar-refractivity contribution in [1.29, 1.82) is 0 Å². The summed E-state index contributed by atoms with van der Waals surface area (Å²) >= 11 is 0. The van der Waals surface area contributed by atoms with E-state index in [0.29, 0.717) is 6.04 Å². The van der Waals surface area contributed by atoms with Gasteiger partial charge in [0.2, 0.25) is 0 Å². The predicted molar refractivity (Wildman–Crippen MR) is 87.0 cm³/mol. The summed E-state index contributed by atoms with van der Waals surface area (Å²) in [6, 6.07) is 22.0. The molecule has 0 aliphatic carbocycles. The van der Waals surface area contributed by atoms with E-state index in [-0.39, 0.29) is 0 Å². The lowest BCUT2D eigenvalue weighted by atomic mass is 10.1. The van der Waals surface area contributed by atoms with Crippen LogP contribution in [0.5, 0.6) is 0 Å². The Morgan fingerprint density at radius 1 is 0.800 bits per heavy atom. The Kier molecular flexibility index (Phi) is 6.33. The van der Waals surface area contributed by atoms with Crippen molar-refractivity contribution in [2.45, 2.75) is 38.6 Å². The molecule has 1 nitrogen and oxygen atoms in total. The van der Waals surface area contributed by atoms with Crippen molar-refractivity contribution in [3.63, 3.8) is 0 Å². The molecule has 0 saturated carbocycles. The Bertz CT molecular complexity index is 464. The lowest BCUT2D eigenvalue weighted by molar-refractivity contribution is 0.525. The zero-order chi connectivity index (χ0) is 14.0. The summed E-state index contributed by atoms with van der Waals surface area (Å²) in [6.45, 7) is 3.38. The van der Waals surface area contributed by atoms with Gasteiger partial charge in [0.25, 0.3) is 0 Å². The minimum atomic E-state index is 0.550. The highest BCUT2D eigenvalue weighted by molar-refractivity contribution is 5.16. The second kappa shape index (κ2) is 8.55. The summed E-state index contributed by atoms with van der Waals surface area (Å²) < 4.78 is 0. The molecule has 0 unspecified atom stereocenters. The van der Waals surface area contributed by atoms with E-state index in [4.69, 9.17) is 0 Å². The average Bonchev–Trinajstić information content (AvgIpc) is 2.49. The zero-order valence-corrected chi connectivity index (χ0v) is 12.4. The molecular formula is C19H25N. The fourth-order valence-corrected chi connectivity index (χ4v) is 2.49. The van der Waals surface area contributed by atoms with E-state index in [1.165, 1.54) is 30.4 Å². The van der Waals surface area contributed by atoms with Gasteiger partial charge in [-0.3, -0.25) is 0 Å². The van der Waals surface area contributed by atoms with Gasteiger partial charge < -0.3 is 5.32 Å². The molecule has 0 amide bonds. The van der Waals surface area contributed by atoms with Gasteiger partial charge in [-0.1, -0.05) is 60.7 Å². The number of benzene rings is 2. The van der Waals surface area contributed by atoms with E-state index in [2.05, 4.69) is 72.9 Å². The van der Waals surface area contributed by atoms with Gasteiger partial charge in [0.1, 0.15) is 0 Å². The summed E-state index contributed by atoms with van der Waals surface area (Å²) in [5, 5.41) is 3.62. The molecule has 2 aromatic rings. The molecule has 2 rings (SSSR count). The molecule has 106 valence electrons. The van der Waals surface area contributed by atoms with Gasteiger partial charge in [-0.25, -0.2) is 0 Å². The molecule has 0 saturated heterocycles. The Morgan fingerprint density at radius 3 is 2.05 bits per heavy atom. The van der Waals surface area contributed by atoms with Crippen LogP contribution in [-0.2, 0) is 12.8 Å². The molecule has 0 fully saturated rings. The number of rotatable bonds is 8. The normalized spacial score (nSPS) is 12.2. The number of unbranched alkanes of at least 4 members (excludes halogenated alkanes) is 1. The summed E-state index contributed by atoms with van der Waals surface area (Å²) in [6.07, 6.45) is 4.80. The van der Waals surface area contributed by atoms with Gasteiger partial charge in [0.05, 0.1) is 0 Å². The third-order valence-electron chi connectivity index (χ3n) is 3.61. The Morgan fingerprint density at radius 2 is 1.40 bits per heavy atom. The molecule has 2 aromatic carbocycles. The maximum Gasteiger partial charge on any atom is 0.00791 e. The van der Waals surface area contributed by atoms with E-state index >= 15 is 0 Å². The molecule has 0 heterocycles. The first-order valence-electron chi connectivity index (χ1n) is 7.66. The van der Waals surface area contributed by atoms with Crippen LogP contribution in [0.3, 0.4) is 0 Å². The van der Waals surface area contributed by atoms with Crippen LogP contribution in [0.2, 0.25) is 0 Å². The van der Waals surface area contributed by atoms with Crippen LogP contribution in [0, 0.1) is 0 Å². The smallest absolute Gasteiger partial charge is 0.00791 e. The molecule has 0 bridgehead atoms. The molecular weight excluding hydrogens is 242 g/mol. The first-order chi connectivity index (χ1) is 9.84. The van der Waals surface area contributed by atoms with Crippen molar-refractivity contribution in [3.05, 3.63) is 71.8 Å². The van der Waals surface area contributed by atoms with Crippen molar-refractivity contribution >= 4 is 0 Å². The second-order valence-corrected chi connectivity index (χ2v) is 5.49. The van der Waals surface area contributed by atoms with E-state index in [9.17, 15) is 0 Å². The molecule has 0 spiro atoms. The third-order valence-corrected chi connectivity index (χ3v) is 3.61. The maximum atomic E-state index is 3.62. The van der Waals surface area contributed by atoms with Gasteiger partial charge in [-0.05, 0) is 50.3 Å².